The summed E-state index contributed by atoms with van der Waals surface area (Å²) in [4.78, 5) is 13.2. The van der Waals surface area contributed by atoms with Gasteiger partial charge in [-0.3, -0.25) is 4.79 Å². The Hall–Kier alpha value is 0.850. The van der Waals surface area contributed by atoms with Gasteiger partial charge in [-0.25, -0.2) is 3.11 Å². The molecule has 0 saturated carbocycles. The van der Waals surface area contributed by atoms with Gasteiger partial charge in [0, 0.05) is 78.2 Å². The normalized spacial score (nSPS) is 18.2. The van der Waals surface area contributed by atoms with Crippen LogP contribution in [0.15, 0.2) is 0 Å². The van der Waals surface area contributed by atoms with Gasteiger partial charge in [-0.05, 0) is 19.4 Å². The lowest BCUT2D eigenvalue weighted by Gasteiger charge is -2.31. The summed E-state index contributed by atoms with van der Waals surface area (Å²) < 4.78 is 2.42. The zero-order valence-corrected chi connectivity index (χ0v) is 14.4. The van der Waals surface area contributed by atoms with Crippen LogP contribution >= 0.6 is 45.5 Å². The number of piperazine rings is 1. The Labute approximate surface area is 131 Å². The first kappa shape index (κ1) is 15.9. The molecule has 100 valence electrons. The van der Waals surface area contributed by atoms with Crippen LogP contribution in [0.25, 0.3) is 0 Å². The number of halogens is 2. The Morgan fingerprint density at radius 1 is 1.06 bits per heavy atom. The maximum absolute atomic E-state index is 10.6. The molecule has 0 aromatic rings. The Balaban J connectivity index is 1.85. The predicted molar refractivity (Wildman–Crippen MR) is 87.9 cm³/mol. The number of nitrogens with one attached hydrogen (secondary N) is 1. The summed E-state index contributed by atoms with van der Waals surface area (Å²) in [5.41, 5.74) is 0. The second kappa shape index (κ2) is 9.74. The van der Waals surface area contributed by atoms with Gasteiger partial charge in [0.05, 0.1) is 0 Å². The molecular formula is C11H21I2N3O. The summed E-state index contributed by atoms with van der Waals surface area (Å²) >= 11 is 4.18. The van der Waals surface area contributed by atoms with E-state index in [9.17, 15) is 4.79 Å². The second-order valence-corrected chi connectivity index (χ2v) is 6.71. The van der Waals surface area contributed by atoms with Crippen LogP contribution in [0, 0.1) is 0 Å². The van der Waals surface area contributed by atoms with E-state index in [1.54, 1.807) is 22.6 Å². The van der Waals surface area contributed by atoms with E-state index in [4.69, 9.17) is 0 Å². The molecule has 0 spiro atoms. The van der Waals surface area contributed by atoms with Crippen molar-refractivity contribution in [2.45, 2.75) is 25.7 Å². The highest BCUT2D eigenvalue weighted by molar-refractivity contribution is 14.1. The number of amides is 1. The first-order valence-corrected chi connectivity index (χ1v) is 8.29. The van der Waals surface area contributed by atoms with Gasteiger partial charge < -0.3 is 10.2 Å². The SMILES string of the molecule is O=C(I)NCCCCCCN1CCN(I)CC1. The maximum atomic E-state index is 10.6. The molecule has 1 heterocycles. The third-order valence-corrected chi connectivity index (χ3v) is 4.33. The minimum Gasteiger partial charge on any atom is -0.348 e. The zero-order valence-electron chi connectivity index (χ0n) is 10.1. The molecule has 4 nitrogen and oxygen atoms in total. The van der Waals surface area contributed by atoms with Crippen LogP contribution in [0.2, 0.25) is 0 Å². The van der Waals surface area contributed by atoms with E-state index in [-0.39, 0.29) is 3.91 Å². The Kier molecular flexibility index (Phi) is 9.11. The lowest BCUT2D eigenvalue weighted by Crippen LogP contribution is -2.42. The number of hydrogen-bond donors (Lipinski definition) is 1. The quantitative estimate of drug-likeness (QED) is 0.207. The third-order valence-electron chi connectivity index (χ3n) is 2.98. The summed E-state index contributed by atoms with van der Waals surface area (Å²) in [5, 5.41) is 2.82. The van der Waals surface area contributed by atoms with E-state index in [2.05, 4.69) is 36.2 Å². The molecule has 17 heavy (non-hydrogen) atoms. The largest absolute Gasteiger partial charge is 0.348 e. The van der Waals surface area contributed by atoms with Crippen LogP contribution in [0.1, 0.15) is 25.7 Å². The summed E-state index contributed by atoms with van der Waals surface area (Å²) in [6.45, 7) is 6.89. The maximum Gasteiger partial charge on any atom is 0.280 e. The average molecular weight is 465 g/mol. The van der Waals surface area contributed by atoms with Gasteiger partial charge in [0.25, 0.3) is 3.91 Å². The number of carbonyl (C=O) groups excluding carboxylic acids is 1. The zero-order chi connectivity index (χ0) is 12.5. The van der Waals surface area contributed by atoms with Gasteiger partial charge in [-0.15, -0.1) is 0 Å². The number of unbranched alkanes of at least 4 members (excludes halogenated alkanes) is 3. The molecule has 1 aliphatic heterocycles. The molecular weight excluding hydrogens is 444 g/mol. The number of carbonyl (C=O) groups is 1. The first-order valence-electron chi connectivity index (χ1n) is 6.25. The van der Waals surface area contributed by atoms with E-state index >= 15 is 0 Å². The summed E-state index contributed by atoms with van der Waals surface area (Å²) in [7, 11) is 0. The van der Waals surface area contributed by atoms with Crippen molar-refractivity contribution in [2.75, 3.05) is 39.3 Å². The van der Waals surface area contributed by atoms with Crippen molar-refractivity contribution in [1.29, 1.82) is 0 Å². The highest BCUT2D eigenvalue weighted by atomic mass is 127. The lowest BCUT2D eigenvalue weighted by atomic mass is 10.2. The molecule has 1 N–H and O–H groups in total. The fraction of sp³-hybridized carbons (Fsp3) is 0.909. The molecule has 6 heteroatoms. The Bertz CT molecular complexity index is 221. The van der Waals surface area contributed by atoms with E-state index in [1.165, 1.54) is 52.0 Å². The van der Waals surface area contributed by atoms with Crippen molar-refractivity contribution in [3.8, 4) is 0 Å². The van der Waals surface area contributed by atoms with Gasteiger partial charge in [0.15, 0.2) is 0 Å². The molecule has 1 aliphatic rings. The molecule has 0 aromatic heterocycles. The van der Waals surface area contributed by atoms with E-state index in [1.807, 2.05) is 0 Å². The molecule has 0 radical (unpaired) electrons. The highest BCUT2D eigenvalue weighted by Crippen LogP contribution is 2.08. The molecule has 0 unspecified atom stereocenters. The molecule has 1 saturated heterocycles. The Morgan fingerprint density at radius 2 is 1.71 bits per heavy atom. The van der Waals surface area contributed by atoms with Crippen LogP contribution in [0.4, 0.5) is 4.79 Å². The van der Waals surface area contributed by atoms with E-state index < -0.39 is 0 Å². The molecule has 0 aromatic carbocycles. The minimum atomic E-state index is 0.0549. The molecule has 1 rings (SSSR count). The standard InChI is InChI=1S/C11H21I2N3O/c12-11(17)14-5-3-1-2-4-6-15-7-9-16(13)10-8-15/h1-10H2,(H,14,17). The van der Waals surface area contributed by atoms with Crippen LogP contribution in [0.5, 0.6) is 0 Å². The fourth-order valence-corrected chi connectivity index (χ4v) is 2.65. The van der Waals surface area contributed by atoms with Crippen LogP contribution < -0.4 is 5.32 Å². The molecule has 0 aliphatic carbocycles. The number of nitrogens with zero attached hydrogens (tertiary/aromatic N) is 2. The molecule has 0 atom stereocenters. The van der Waals surface area contributed by atoms with Gasteiger partial charge in [-0.2, -0.15) is 0 Å². The Morgan fingerprint density at radius 3 is 2.35 bits per heavy atom. The number of hydrogen-bond acceptors (Lipinski definition) is 3. The van der Waals surface area contributed by atoms with Crippen molar-refractivity contribution in [1.82, 2.24) is 13.3 Å². The third kappa shape index (κ3) is 8.55. The van der Waals surface area contributed by atoms with Crippen molar-refractivity contribution in [3.63, 3.8) is 0 Å². The van der Waals surface area contributed by atoms with Gasteiger partial charge >= 0.3 is 0 Å². The summed E-state index contributed by atoms with van der Waals surface area (Å²) in [5.74, 6) is 0. The van der Waals surface area contributed by atoms with Crippen molar-refractivity contribution in [2.24, 2.45) is 0 Å². The van der Waals surface area contributed by atoms with E-state index in [0.29, 0.717) is 0 Å². The summed E-state index contributed by atoms with van der Waals surface area (Å²) in [6, 6.07) is 0. The first-order chi connectivity index (χ1) is 8.18. The molecule has 0 bridgehead atoms. The van der Waals surface area contributed by atoms with Crippen LogP contribution in [0.3, 0.4) is 0 Å². The lowest BCUT2D eigenvalue weighted by molar-refractivity contribution is 0.202. The highest BCUT2D eigenvalue weighted by Gasteiger charge is 2.13. The predicted octanol–water partition coefficient (Wildman–Crippen LogP) is 2.66. The topological polar surface area (TPSA) is 35.6 Å². The average Bonchev–Trinajstić information content (AvgIpc) is 2.30. The molecule has 1 fully saturated rings. The second-order valence-electron chi connectivity index (χ2n) is 4.37. The van der Waals surface area contributed by atoms with Gasteiger partial charge in [0.2, 0.25) is 0 Å². The van der Waals surface area contributed by atoms with Gasteiger partial charge in [0.1, 0.15) is 0 Å². The summed E-state index contributed by atoms with van der Waals surface area (Å²) in [6.07, 6.45) is 4.90. The van der Waals surface area contributed by atoms with Crippen molar-refractivity contribution >= 4 is 49.4 Å². The van der Waals surface area contributed by atoms with Crippen LogP contribution in [-0.4, -0.2) is 51.2 Å². The minimum absolute atomic E-state index is 0.0549. The van der Waals surface area contributed by atoms with E-state index in [0.717, 1.165) is 13.0 Å². The fourth-order valence-electron chi connectivity index (χ4n) is 1.95. The molecule has 1 amide bonds. The van der Waals surface area contributed by atoms with Crippen LogP contribution in [-0.2, 0) is 0 Å². The van der Waals surface area contributed by atoms with Crippen molar-refractivity contribution in [3.05, 3.63) is 0 Å². The van der Waals surface area contributed by atoms with Crippen molar-refractivity contribution < 1.29 is 4.79 Å². The smallest absolute Gasteiger partial charge is 0.280 e. The van der Waals surface area contributed by atoms with Gasteiger partial charge in [-0.1, -0.05) is 12.8 Å². The number of rotatable bonds is 7. The monoisotopic (exact) mass is 465 g/mol.